The molecule has 0 saturated carbocycles. The zero-order valence-electron chi connectivity index (χ0n) is 12.5. The highest BCUT2D eigenvalue weighted by atomic mass is 32.1. The van der Waals surface area contributed by atoms with E-state index in [-0.39, 0.29) is 6.29 Å². The Hall–Kier alpha value is -1.37. The third-order valence-corrected chi connectivity index (χ3v) is 3.54. The first-order valence-electron chi connectivity index (χ1n) is 6.89. The van der Waals surface area contributed by atoms with Crippen molar-refractivity contribution in [1.82, 2.24) is 5.32 Å². The predicted molar refractivity (Wildman–Crippen MR) is 82.2 cm³/mol. The van der Waals surface area contributed by atoms with Gasteiger partial charge in [-0.05, 0) is 37.8 Å². The summed E-state index contributed by atoms with van der Waals surface area (Å²) in [5, 5.41) is 4.71. The standard InChI is InChI=1S/C15H21NO4S/c1-15(2,3)20-14(17)16-6-4-5-11-9-12(21-10-11)13-18-7-8-19-13/h4-5,9-10,13H,6-8H2,1-3H3,(H,16,17). The van der Waals surface area contributed by atoms with Gasteiger partial charge >= 0.3 is 6.09 Å². The van der Waals surface area contributed by atoms with Gasteiger partial charge in [0.25, 0.3) is 0 Å². The predicted octanol–water partition coefficient (Wildman–Crippen LogP) is 3.33. The summed E-state index contributed by atoms with van der Waals surface area (Å²) in [6, 6.07) is 2.03. The number of carbonyl (C=O) groups is 1. The van der Waals surface area contributed by atoms with Crippen LogP contribution in [0.5, 0.6) is 0 Å². The number of hydrogen-bond acceptors (Lipinski definition) is 5. The van der Waals surface area contributed by atoms with E-state index in [2.05, 4.69) is 5.32 Å². The molecule has 116 valence electrons. The van der Waals surface area contributed by atoms with E-state index in [1.54, 1.807) is 11.3 Å². The third kappa shape index (κ3) is 5.49. The second kappa shape index (κ2) is 7.06. The molecule has 1 aliphatic rings. The molecule has 1 fully saturated rings. The molecule has 1 amide bonds. The van der Waals surface area contributed by atoms with Crippen molar-refractivity contribution in [2.45, 2.75) is 32.7 Å². The van der Waals surface area contributed by atoms with Crippen LogP contribution in [0, 0.1) is 0 Å². The second-order valence-corrected chi connectivity index (χ2v) is 6.58. The molecule has 0 bridgehead atoms. The Morgan fingerprint density at radius 2 is 2.19 bits per heavy atom. The first kappa shape index (κ1) is 16.0. The van der Waals surface area contributed by atoms with E-state index in [1.807, 2.05) is 44.4 Å². The van der Waals surface area contributed by atoms with Gasteiger partial charge in [-0.25, -0.2) is 4.79 Å². The molecule has 2 heterocycles. The number of thiophene rings is 1. The van der Waals surface area contributed by atoms with Crippen molar-refractivity contribution in [3.05, 3.63) is 28.0 Å². The Morgan fingerprint density at radius 1 is 1.48 bits per heavy atom. The molecule has 6 heteroatoms. The van der Waals surface area contributed by atoms with Crippen LogP contribution in [-0.2, 0) is 14.2 Å². The van der Waals surface area contributed by atoms with Crippen molar-refractivity contribution in [3.8, 4) is 0 Å². The van der Waals surface area contributed by atoms with Gasteiger partial charge in [0.05, 0.1) is 18.1 Å². The molecule has 0 spiro atoms. The Morgan fingerprint density at radius 3 is 2.86 bits per heavy atom. The first-order valence-corrected chi connectivity index (χ1v) is 7.77. The van der Waals surface area contributed by atoms with Gasteiger partial charge in [0.2, 0.25) is 0 Å². The summed E-state index contributed by atoms with van der Waals surface area (Å²) in [6.07, 6.45) is 3.20. The van der Waals surface area contributed by atoms with Gasteiger partial charge in [0.15, 0.2) is 6.29 Å². The molecule has 0 aromatic carbocycles. The van der Waals surface area contributed by atoms with Gasteiger partial charge in [0, 0.05) is 6.54 Å². The average Bonchev–Trinajstić information content (AvgIpc) is 3.03. The van der Waals surface area contributed by atoms with Gasteiger partial charge in [-0.2, -0.15) is 0 Å². The van der Waals surface area contributed by atoms with Gasteiger partial charge in [0.1, 0.15) is 5.60 Å². The molecule has 1 saturated heterocycles. The van der Waals surface area contributed by atoms with E-state index in [9.17, 15) is 4.79 Å². The minimum Gasteiger partial charge on any atom is -0.444 e. The lowest BCUT2D eigenvalue weighted by Crippen LogP contribution is -2.32. The van der Waals surface area contributed by atoms with E-state index in [0.29, 0.717) is 19.8 Å². The van der Waals surface area contributed by atoms with Crippen molar-refractivity contribution < 1.29 is 19.0 Å². The lowest BCUT2D eigenvalue weighted by atomic mass is 10.2. The largest absolute Gasteiger partial charge is 0.444 e. The van der Waals surface area contributed by atoms with Crippen LogP contribution in [0.15, 0.2) is 17.5 Å². The molecule has 1 aromatic heterocycles. The Balaban J connectivity index is 1.75. The number of carbonyl (C=O) groups excluding carboxylic acids is 1. The minimum atomic E-state index is -0.475. The molecule has 0 radical (unpaired) electrons. The highest BCUT2D eigenvalue weighted by molar-refractivity contribution is 7.10. The van der Waals surface area contributed by atoms with Gasteiger partial charge in [-0.3, -0.25) is 0 Å². The Kier molecular flexibility index (Phi) is 5.39. The van der Waals surface area contributed by atoms with Crippen molar-refractivity contribution in [3.63, 3.8) is 0 Å². The van der Waals surface area contributed by atoms with Crippen LogP contribution in [0.25, 0.3) is 6.08 Å². The summed E-state index contributed by atoms with van der Waals surface area (Å²) in [5.41, 5.74) is 0.595. The summed E-state index contributed by atoms with van der Waals surface area (Å²) in [4.78, 5) is 12.5. The molecular formula is C15H21NO4S. The Bertz CT molecular complexity index is 498. The fourth-order valence-electron chi connectivity index (χ4n) is 1.75. The molecule has 21 heavy (non-hydrogen) atoms. The number of hydrogen-bond donors (Lipinski definition) is 1. The zero-order valence-corrected chi connectivity index (χ0v) is 13.4. The van der Waals surface area contributed by atoms with Crippen LogP contribution in [0.1, 0.15) is 37.5 Å². The zero-order chi connectivity index (χ0) is 15.3. The maximum atomic E-state index is 11.4. The maximum Gasteiger partial charge on any atom is 0.407 e. The summed E-state index contributed by atoms with van der Waals surface area (Å²) < 4.78 is 16.0. The van der Waals surface area contributed by atoms with Gasteiger partial charge < -0.3 is 19.5 Å². The monoisotopic (exact) mass is 311 g/mol. The van der Waals surface area contributed by atoms with E-state index < -0.39 is 11.7 Å². The summed E-state index contributed by atoms with van der Waals surface area (Å²) >= 11 is 1.61. The summed E-state index contributed by atoms with van der Waals surface area (Å²) in [6.45, 7) is 7.23. The smallest absolute Gasteiger partial charge is 0.407 e. The lowest BCUT2D eigenvalue weighted by molar-refractivity contribution is -0.0413. The van der Waals surface area contributed by atoms with Crippen LogP contribution < -0.4 is 5.32 Å². The van der Waals surface area contributed by atoms with E-state index >= 15 is 0 Å². The summed E-state index contributed by atoms with van der Waals surface area (Å²) in [7, 11) is 0. The molecule has 0 atom stereocenters. The maximum absolute atomic E-state index is 11.4. The quantitative estimate of drug-likeness (QED) is 0.926. The van der Waals surface area contributed by atoms with Crippen LogP contribution in [0.3, 0.4) is 0 Å². The highest BCUT2D eigenvalue weighted by Gasteiger charge is 2.19. The average molecular weight is 311 g/mol. The second-order valence-electron chi connectivity index (χ2n) is 5.64. The number of alkyl carbamates (subject to hydrolysis) is 1. The normalized spacial score (nSPS) is 16.5. The minimum absolute atomic E-state index is 0.225. The van der Waals surface area contributed by atoms with Crippen LogP contribution >= 0.6 is 11.3 Å². The topological polar surface area (TPSA) is 56.8 Å². The first-order chi connectivity index (χ1) is 9.94. The van der Waals surface area contributed by atoms with Crippen molar-refractivity contribution >= 4 is 23.5 Å². The summed E-state index contributed by atoms with van der Waals surface area (Å²) in [5.74, 6) is 0. The number of ether oxygens (including phenoxy) is 3. The van der Waals surface area contributed by atoms with Crippen LogP contribution in [0.4, 0.5) is 4.79 Å². The fourth-order valence-corrected chi connectivity index (χ4v) is 2.62. The molecule has 1 aromatic rings. The van der Waals surface area contributed by atoms with Crippen molar-refractivity contribution in [1.29, 1.82) is 0 Å². The van der Waals surface area contributed by atoms with Crippen molar-refractivity contribution in [2.24, 2.45) is 0 Å². The van der Waals surface area contributed by atoms with E-state index in [4.69, 9.17) is 14.2 Å². The van der Waals surface area contributed by atoms with Gasteiger partial charge in [-0.15, -0.1) is 11.3 Å². The number of nitrogens with one attached hydrogen (secondary N) is 1. The highest BCUT2D eigenvalue weighted by Crippen LogP contribution is 2.29. The Labute approximate surface area is 128 Å². The van der Waals surface area contributed by atoms with Crippen molar-refractivity contribution in [2.75, 3.05) is 19.8 Å². The van der Waals surface area contributed by atoms with Gasteiger partial charge in [-0.1, -0.05) is 12.2 Å². The molecule has 1 N–H and O–H groups in total. The SMILES string of the molecule is CC(C)(C)OC(=O)NCC=Cc1csc(C2OCCO2)c1. The van der Waals surface area contributed by atoms with E-state index in [0.717, 1.165) is 10.4 Å². The molecule has 5 nitrogen and oxygen atoms in total. The third-order valence-electron chi connectivity index (χ3n) is 2.57. The lowest BCUT2D eigenvalue weighted by Gasteiger charge is -2.19. The molecular weight excluding hydrogens is 290 g/mol. The number of amides is 1. The molecule has 0 unspecified atom stereocenters. The molecule has 0 aliphatic carbocycles. The number of rotatable bonds is 4. The fraction of sp³-hybridized carbons (Fsp3) is 0.533. The molecule has 1 aliphatic heterocycles. The van der Waals surface area contributed by atoms with E-state index in [1.165, 1.54) is 0 Å². The van der Waals surface area contributed by atoms with Crippen LogP contribution in [0.2, 0.25) is 0 Å². The van der Waals surface area contributed by atoms with Crippen LogP contribution in [-0.4, -0.2) is 31.5 Å². The molecule has 2 rings (SSSR count).